The minimum atomic E-state index is 0.00598. The fourth-order valence-electron chi connectivity index (χ4n) is 2.85. The standard InChI is InChI=1S/C20H11Cl2NO/c21-17-8-4-1-5-12(17)11-23-19-10-16-15(9-18(19)22)13-6-2-3-7-14(13)20(16)24/h1-11H. The van der Waals surface area contributed by atoms with Crippen molar-refractivity contribution >= 4 is 40.9 Å². The molecule has 4 rings (SSSR count). The van der Waals surface area contributed by atoms with Gasteiger partial charge in [0.25, 0.3) is 0 Å². The first-order valence-corrected chi connectivity index (χ1v) is 8.17. The topological polar surface area (TPSA) is 29.4 Å². The molecular formula is C20H11Cl2NO. The number of benzene rings is 3. The van der Waals surface area contributed by atoms with Crippen molar-refractivity contribution in [3.05, 3.63) is 87.4 Å². The Bertz CT molecular complexity index is 1010. The number of hydrogen-bond acceptors (Lipinski definition) is 2. The fourth-order valence-corrected chi connectivity index (χ4v) is 3.25. The minimum Gasteiger partial charge on any atom is -0.289 e. The monoisotopic (exact) mass is 351 g/mol. The van der Waals surface area contributed by atoms with Crippen LogP contribution in [-0.2, 0) is 0 Å². The van der Waals surface area contributed by atoms with Crippen LogP contribution < -0.4 is 0 Å². The van der Waals surface area contributed by atoms with E-state index in [-0.39, 0.29) is 5.78 Å². The van der Waals surface area contributed by atoms with E-state index in [1.807, 2.05) is 42.5 Å². The highest BCUT2D eigenvalue weighted by Crippen LogP contribution is 2.41. The third-order valence-electron chi connectivity index (χ3n) is 4.04. The molecule has 1 aliphatic carbocycles. The second-order valence-electron chi connectivity index (χ2n) is 5.50. The highest BCUT2D eigenvalue weighted by molar-refractivity contribution is 6.35. The molecule has 0 bridgehead atoms. The summed E-state index contributed by atoms with van der Waals surface area (Å²) in [6.07, 6.45) is 1.66. The number of carbonyl (C=O) groups excluding carboxylic acids is 1. The van der Waals surface area contributed by atoms with Crippen LogP contribution in [0.3, 0.4) is 0 Å². The van der Waals surface area contributed by atoms with Crippen molar-refractivity contribution in [3.63, 3.8) is 0 Å². The zero-order chi connectivity index (χ0) is 16.7. The van der Waals surface area contributed by atoms with Gasteiger partial charge in [-0.3, -0.25) is 9.79 Å². The van der Waals surface area contributed by atoms with Crippen LogP contribution in [0.4, 0.5) is 5.69 Å². The second-order valence-corrected chi connectivity index (χ2v) is 6.32. The van der Waals surface area contributed by atoms with Gasteiger partial charge < -0.3 is 0 Å². The Morgan fingerprint density at radius 2 is 1.46 bits per heavy atom. The van der Waals surface area contributed by atoms with Gasteiger partial charge in [-0.25, -0.2) is 0 Å². The predicted octanol–water partition coefficient (Wildman–Crippen LogP) is 5.96. The first-order chi connectivity index (χ1) is 11.6. The summed E-state index contributed by atoms with van der Waals surface area (Å²) in [4.78, 5) is 17.0. The van der Waals surface area contributed by atoms with Gasteiger partial charge in [-0.05, 0) is 29.3 Å². The molecule has 0 aromatic heterocycles. The first kappa shape index (κ1) is 15.1. The molecule has 1 aliphatic rings. The number of halogens is 2. The van der Waals surface area contributed by atoms with Gasteiger partial charge in [0.15, 0.2) is 5.78 Å². The van der Waals surface area contributed by atoms with Crippen molar-refractivity contribution in [1.82, 2.24) is 0 Å². The molecule has 0 saturated heterocycles. The van der Waals surface area contributed by atoms with Gasteiger partial charge in [-0.15, -0.1) is 0 Å². The first-order valence-electron chi connectivity index (χ1n) is 7.41. The molecule has 4 heteroatoms. The van der Waals surface area contributed by atoms with E-state index >= 15 is 0 Å². The third-order valence-corrected chi connectivity index (χ3v) is 4.69. The predicted molar refractivity (Wildman–Crippen MR) is 99.0 cm³/mol. The summed E-state index contributed by atoms with van der Waals surface area (Å²) in [7, 11) is 0. The molecule has 3 aromatic rings. The molecule has 24 heavy (non-hydrogen) atoms. The maximum absolute atomic E-state index is 12.6. The average Bonchev–Trinajstić information content (AvgIpc) is 2.87. The Morgan fingerprint density at radius 1 is 0.750 bits per heavy atom. The zero-order valence-electron chi connectivity index (χ0n) is 12.5. The SMILES string of the molecule is O=C1c2ccccc2-c2cc(Cl)c(N=Cc3ccccc3Cl)cc21. The summed E-state index contributed by atoms with van der Waals surface area (Å²) < 4.78 is 0. The summed E-state index contributed by atoms with van der Waals surface area (Å²) in [6.45, 7) is 0. The molecule has 2 nitrogen and oxygen atoms in total. The maximum Gasteiger partial charge on any atom is 0.194 e. The van der Waals surface area contributed by atoms with E-state index < -0.39 is 0 Å². The van der Waals surface area contributed by atoms with Crippen LogP contribution >= 0.6 is 23.2 Å². The Hall–Kier alpha value is -2.42. The summed E-state index contributed by atoms with van der Waals surface area (Å²) in [5.74, 6) is 0.00598. The molecule has 116 valence electrons. The van der Waals surface area contributed by atoms with Crippen LogP contribution in [0.5, 0.6) is 0 Å². The Labute approximate surface area is 149 Å². The van der Waals surface area contributed by atoms with Crippen LogP contribution in [0, 0.1) is 0 Å². The molecule has 0 radical (unpaired) electrons. The Kier molecular flexibility index (Phi) is 3.72. The largest absolute Gasteiger partial charge is 0.289 e. The highest BCUT2D eigenvalue weighted by atomic mass is 35.5. The molecule has 0 fully saturated rings. The molecule has 0 atom stereocenters. The lowest BCUT2D eigenvalue weighted by molar-refractivity contribution is 0.104. The van der Waals surface area contributed by atoms with Crippen LogP contribution in [0.2, 0.25) is 10.0 Å². The Morgan fingerprint density at radius 3 is 2.25 bits per heavy atom. The summed E-state index contributed by atoms with van der Waals surface area (Å²) >= 11 is 12.5. The van der Waals surface area contributed by atoms with Crippen molar-refractivity contribution in [3.8, 4) is 11.1 Å². The summed E-state index contributed by atoms with van der Waals surface area (Å²) in [6, 6.07) is 18.5. The van der Waals surface area contributed by atoms with Gasteiger partial charge in [0.1, 0.15) is 0 Å². The number of aliphatic imine (C=N–C) groups is 1. The van der Waals surface area contributed by atoms with E-state index in [4.69, 9.17) is 23.2 Å². The normalized spacial score (nSPS) is 12.5. The smallest absolute Gasteiger partial charge is 0.194 e. The molecule has 0 saturated carbocycles. The molecule has 3 aromatic carbocycles. The van der Waals surface area contributed by atoms with Gasteiger partial charge in [0.05, 0.1) is 10.7 Å². The summed E-state index contributed by atoms with van der Waals surface area (Å²) in [5.41, 5.74) is 4.46. The lowest BCUT2D eigenvalue weighted by atomic mass is 10.1. The van der Waals surface area contributed by atoms with Crippen molar-refractivity contribution in [2.24, 2.45) is 4.99 Å². The average molecular weight is 352 g/mol. The number of fused-ring (bicyclic) bond motifs is 3. The van der Waals surface area contributed by atoms with E-state index in [1.54, 1.807) is 24.4 Å². The van der Waals surface area contributed by atoms with E-state index in [2.05, 4.69) is 4.99 Å². The molecule has 0 N–H and O–H groups in total. The number of ketones is 1. The number of rotatable bonds is 2. The van der Waals surface area contributed by atoms with Gasteiger partial charge in [0.2, 0.25) is 0 Å². The van der Waals surface area contributed by atoms with Crippen molar-refractivity contribution in [2.45, 2.75) is 0 Å². The van der Waals surface area contributed by atoms with Gasteiger partial charge in [-0.2, -0.15) is 0 Å². The molecular weight excluding hydrogens is 341 g/mol. The van der Waals surface area contributed by atoms with Crippen LogP contribution in [0.25, 0.3) is 11.1 Å². The maximum atomic E-state index is 12.6. The van der Waals surface area contributed by atoms with Gasteiger partial charge >= 0.3 is 0 Å². The molecule has 0 aliphatic heterocycles. The minimum absolute atomic E-state index is 0.00598. The molecule has 0 spiro atoms. The third kappa shape index (κ3) is 2.44. The molecule has 0 amide bonds. The number of hydrogen-bond donors (Lipinski definition) is 0. The number of carbonyl (C=O) groups is 1. The van der Waals surface area contributed by atoms with E-state index in [0.717, 1.165) is 16.7 Å². The van der Waals surface area contributed by atoms with E-state index in [0.29, 0.717) is 26.9 Å². The number of nitrogens with zero attached hydrogens (tertiary/aromatic N) is 1. The van der Waals surface area contributed by atoms with E-state index in [1.165, 1.54) is 0 Å². The lowest BCUT2D eigenvalue weighted by Gasteiger charge is -2.04. The van der Waals surface area contributed by atoms with Crippen LogP contribution in [-0.4, -0.2) is 12.0 Å². The van der Waals surface area contributed by atoms with Crippen molar-refractivity contribution in [2.75, 3.05) is 0 Å². The van der Waals surface area contributed by atoms with Crippen molar-refractivity contribution in [1.29, 1.82) is 0 Å². The highest BCUT2D eigenvalue weighted by Gasteiger charge is 2.27. The van der Waals surface area contributed by atoms with Gasteiger partial charge in [0, 0.05) is 27.9 Å². The second kappa shape index (κ2) is 5.90. The van der Waals surface area contributed by atoms with Crippen molar-refractivity contribution < 1.29 is 4.79 Å². The summed E-state index contributed by atoms with van der Waals surface area (Å²) in [5, 5.41) is 1.11. The lowest BCUT2D eigenvalue weighted by Crippen LogP contribution is -1.94. The van der Waals surface area contributed by atoms with Crippen LogP contribution in [0.15, 0.2) is 65.7 Å². The zero-order valence-corrected chi connectivity index (χ0v) is 14.0. The van der Waals surface area contributed by atoms with Crippen LogP contribution in [0.1, 0.15) is 21.5 Å². The quantitative estimate of drug-likeness (QED) is 0.410. The van der Waals surface area contributed by atoms with E-state index in [9.17, 15) is 4.79 Å². The molecule has 0 unspecified atom stereocenters. The molecule has 0 heterocycles. The Balaban J connectivity index is 1.78. The van der Waals surface area contributed by atoms with Gasteiger partial charge in [-0.1, -0.05) is 65.7 Å². The fraction of sp³-hybridized carbons (Fsp3) is 0.